The van der Waals surface area contributed by atoms with Crippen LogP contribution < -0.4 is 5.73 Å². The van der Waals surface area contributed by atoms with Crippen LogP contribution in [0, 0.1) is 0 Å². The molecule has 0 spiro atoms. The molecule has 0 unspecified atom stereocenters. The molecular weight excluding hydrogens is 374 g/mol. The topological polar surface area (TPSA) is 108 Å². The Balaban J connectivity index is 1.44. The average molecular weight is 399 g/mol. The number of fused-ring (bicyclic) bond motifs is 3. The van der Waals surface area contributed by atoms with Gasteiger partial charge in [0.15, 0.2) is 0 Å². The van der Waals surface area contributed by atoms with Gasteiger partial charge in [-0.05, 0) is 22.3 Å². The molecule has 1 aliphatic rings. The number of hydrogen-bond donors (Lipinski definition) is 2. The van der Waals surface area contributed by atoms with E-state index in [0.29, 0.717) is 0 Å². The zero-order valence-corrected chi connectivity index (χ0v) is 16.1. The molecule has 29 heavy (non-hydrogen) atoms. The van der Waals surface area contributed by atoms with Crippen molar-refractivity contribution in [3.63, 3.8) is 0 Å². The lowest BCUT2D eigenvalue weighted by molar-refractivity contribution is -0.147. The minimum Gasteiger partial charge on any atom is -0.481 e. The molecule has 0 bridgehead atoms. The molecule has 0 fully saturated rings. The maximum atomic E-state index is 12.2. The number of carbonyl (C=O) groups is 2. The number of aliphatic carboxylic acids is 1. The predicted molar refractivity (Wildman–Crippen MR) is 107 cm³/mol. The molecule has 3 N–H and O–H groups in total. The molecule has 0 radical (unpaired) electrons. The van der Waals surface area contributed by atoms with Crippen LogP contribution in [0.2, 0.25) is 0 Å². The van der Waals surface area contributed by atoms with Gasteiger partial charge in [-0.3, -0.25) is 9.59 Å². The number of benzene rings is 2. The van der Waals surface area contributed by atoms with Crippen LogP contribution >= 0.6 is 0 Å². The molecule has 2 aromatic rings. The summed E-state index contributed by atoms with van der Waals surface area (Å²) in [5.41, 5.74) is 10.5. The third-order valence-corrected chi connectivity index (χ3v) is 4.79. The Labute approximate surface area is 169 Å². The molecule has 0 saturated heterocycles. The van der Waals surface area contributed by atoms with Gasteiger partial charge in [0.25, 0.3) is 0 Å². The van der Waals surface area contributed by atoms with E-state index in [-0.39, 0.29) is 45.4 Å². The summed E-state index contributed by atoms with van der Waals surface area (Å²) in [6.07, 6.45) is -0.0563. The lowest BCUT2D eigenvalue weighted by atomic mass is 9.98. The van der Waals surface area contributed by atoms with Crippen LogP contribution in [0.25, 0.3) is 11.1 Å². The summed E-state index contributed by atoms with van der Waals surface area (Å²) < 4.78 is 15.9. The number of esters is 1. The number of carboxylic acid groups (broad SMARTS) is 1. The van der Waals surface area contributed by atoms with Crippen molar-refractivity contribution in [2.24, 2.45) is 5.73 Å². The molecule has 0 saturated carbocycles. The molecule has 0 aromatic heterocycles. The Hall–Kier alpha value is -2.74. The number of nitrogens with two attached hydrogens (primary N) is 1. The van der Waals surface area contributed by atoms with Gasteiger partial charge in [-0.2, -0.15) is 0 Å². The Kier molecular flexibility index (Phi) is 7.35. The standard InChI is InChI=1S/C22H25NO6/c23-20(14-28-12-11-27-10-9-21(24)25)22(26)29-13-19-17-7-3-1-5-15(17)16-6-2-4-8-18(16)19/h1-8,19-20H,9-14,23H2,(H,24,25)/t20-/m0/s1. The SMILES string of the molecule is N[C@@H](COCCOCCC(=O)O)C(=O)OCC1c2ccccc2-c2ccccc21. The minimum absolute atomic E-state index is 0.0119. The second kappa shape index (κ2) is 10.2. The smallest absolute Gasteiger partial charge is 0.325 e. The maximum absolute atomic E-state index is 12.2. The second-order valence-corrected chi connectivity index (χ2v) is 6.79. The Morgan fingerprint density at radius 3 is 2.14 bits per heavy atom. The molecule has 0 heterocycles. The fourth-order valence-electron chi connectivity index (χ4n) is 3.37. The highest BCUT2D eigenvalue weighted by Crippen LogP contribution is 2.44. The first-order valence-corrected chi connectivity index (χ1v) is 9.55. The van der Waals surface area contributed by atoms with Crippen molar-refractivity contribution in [3.05, 3.63) is 59.7 Å². The van der Waals surface area contributed by atoms with E-state index in [1.165, 1.54) is 11.1 Å². The molecule has 7 nitrogen and oxygen atoms in total. The third kappa shape index (κ3) is 5.41. The van der Waals surface area contributed by atoms with Gasteiger partial charge in [0.2, 0.25) is 0 Å². The van der Waals surface area contributed by atoms with Crippen molar-refractivity contribution in [2.45, 2.75) is 18.4 Å². The van der Waals surface area contributed by atoms with Gasteiger partial charge < -0.3 is 25.1 Å². The normalized spacial score (nSPS) is 13.6. The summed E-state index contributed by atoms with van der Waals surface area (Å²) in [5.74, 6) is -1.44. The highest BCUT2D eigenvalue weighted by molar-refractivity contribution is 5.79. The molecule has 1 aliphatic carbocycles. The van der Waals surface area contributed by atoms with Crippen LogP contribution in [0.15, 0.2) is 48.5 Å². The Morgan fingerprint density at radius 2 is 1.52 bits per heavy atom. The van der Waals surface area contributed by atoms with Crippen LogP contribution in [-0.2, 0) is 23.8 Å². The lowest BCUT2D eigenvalue weighted by Crippen LogP contribution is -2.37. The Bertz CT molecular complexity index is 807. The number of carboxylic acids is 1. The van der Waals surface area contributed by atoms with Gasteiger partial charge in [0.1, 0.15) is 12.6 Å². The summed E-state index contributed by atoms with van der Waals surface area (Å²) in [6, 6.07) is 15.4. The maximum Gasteiger partial charge on any atom is 0.325 e. The number of rotatable bonds is 11. The van der Waals surface area contributed by atoms with Gasteiger partial charge in [-0.25, -0.2) is 0 Å². The second-order valence-electron chi connectivity index (χ2n) is 6.79. The Morgan fingerprint density at radius 1 is 0.931 bits per heavy atom. The summed E-state index contributed by atoms with van der Waals surface area (Å²) in [5, 5.41) is 8.51. The molecule has 3 rings (SSSR count). The van der Waals surface area contributed by atoms with Gasteiger partial charge in [-0.15, -0.1) is 0 Å². The summed E-state index contributed by atoms with van der Waals surface area (Å²) in [6.45, 7) is 0.823. The first-order valence-electron chi connectivity index (χ1n) is 9.55. The van der Waals surface area contributed by atoms with Crippen molar-refractivity contribution in [1.82, 2.24) is 0 Å². The first-order chi connectivity index (χ1) is 14.1. The van der Waals surface area contributed by atoms with Crippen LogP contribution in [0.5, 0.6) is 0 Å². The summed E-state index contributed by atoms with van der Waals surface area (Å²) in [4.78, 5) is 22.6. The zero-order valence-electron chi connectivity index (χ0n) is 16.1. The van der Waals surface area contributed by atoms with Crippen molar-refractivity contribution in [2.75, 3.05) is 33.0 Å². The molecule has 0 amide bonds. The van der Waals surface area contributed by atoms with Crippen LogP contribution in [0.3, 0.4) is 0 Å². The highest BCUT2D eigenvalue weighted by Gasteiger charge is 2.29. The van der Waals surface area contributed by atoms with Crippen molar-refractivity contribution < 1.29 is 28.9 Å². The number of hydrogen-bond acceptors (Lipinski definition) is 6. The molecule has 1 atom stereocenters. The van der Waals surface area contributed by atoms with E-state index in [2.05, 4.69) is 24.3 Å². The summed E-state index contributed by atoms with van der Waals surface area (Å²) in [7, 11) is 0. The molecule has 154 valence electrons. The van der Waals surface area contributed by atoms with Gasteiger partial charge >= 0.3 is 11.9 Å². The third-order valence-electron chi connectivity index (χ3n) is 4.79. The number of carbonyl (C=O) groups excluding carboxylic acids is 1. The molecular formula is C22H25NO6. The van der Waals surface area contributed by atoms with E-state index >= 15 is 0 Å². The van der Waals surface area contributed by atoms with Crippen molar-refractivity contribution >= 4 is 11.9 Å². The monoisotopic (exact) mass is 399 g/mol. The van der Waals surface area contributed by atoms with E-state index in [1.807, 2.05) is 24.3 Å². The number of ether oxygens (including phenoxy) is 3. The van der Waals surface area contributed by atoms with E-state index in [4.69, 9.17) is 25.1 Å². The summed E-state index contributed by atoms with van der Waals surface area (Å²) >= 11 is 0. The van der Waals surface area contributed by atoms with Gasteiger partial charge in [0, 0.05) is 5.92 Å². The predicted octanol–water partition coefficient (Wildman–Crippen LogP) is 2.18. The first kappa shape index (κ1) is 21.0. The molecule has 7 heteroatoms. The fraction of sp³-hybridized carbons (Fsp3) is 0.364. The fourth-order valence-corrected chi connectivity index (χ4v) is 3.37. The van der Waals surface area contributed by atoms with Crippen LogP contribution in [0.1, 0.15) is 23.5 Å². The van der Waals surface area contributed by atoms with Gasteiger partial charge in [0.05, 0.1) is 32.8 Å². The highest BCUT2D eigenvalue weighted by atomic mass is 16.5. The van der Waals surface area contributed by atoms with Gasteiger partial charge in [-0.1, -0.05) is 48.5 Å². The van der Waals surface area contributed by atoms with E-state index in [0.717, 1.165) is 11.1 Å². The van der Waals surface area contributed by atoms with E-state index in [1.54, 1.807) is 0 Å². The minimum atomic E-state index is -0.914. The van der Waals surface area contributed by atoms with Crippen LogP contribution in [-0.4, -0.2) is 56.1 Å². The van der Waals surface area contributed by atoms with E-state index in [9.17, 15) is 9.59 Å². The quantitative estimate of drug-likeness (QED) is 0.440. The van der Waals surface area contributed by atoms with Crippen LogP contribution in [0.4, 0.5) is 0 Å². The molecule has 0 aliphatic heterocycles. The largest absolute Gasteiger partial charge is 0.481 e. The van der Waals surface area contributed by atoms with Crippen molar-refractivity contribution in [3.8, 4) is 11.1 Å². The lowest BCUT2D eigenvalue weighted by Gasteiger charge is -2.16. The zero-order chi connectivity index (χ0) is 20.6. The average Bonchev–Trinajstić information content (AvgIpc) is 3.04. The molecule has 2 aromatic carbocycles. The van der Waals surface area contributed by atoms with E-state index < -0.39 is 18.0 Å². The van der Waals surface area contributed by atoms with Crippen molar-refractivity contribution in [1.29, 1.82) is 0 Å².